The summed E-state index contributed by atoms with van der Waals surface area (Å²) in [4.78, 5) is 3.96. The predicted octanol–water partition coefficient (Wildman–Crippen LogP) is 2.39. The van der Waals surface area contributed by atoms with E-state index in [9.17, 15) is 4.39 Å². The topological polar surface area (TPSA) is 42.4 Å². The van der Waals surface area contributed by atoms with Crippen LogP contribution in [-0.4, -0.2) is 17.2 Å². The molecule has 0 atom stereocenters. The number of aliphatic hydroxyl groups excluding tert-OH is 1. The van der Waals surface area contributed by atoms with Crippen molar-refractivity contribution in [1.82, 2.24) is 4.98 Å². The molecule has 0 aliphatic heterocycles. The monoisotopic (exact) mass is 233 g/mol. The third kappa shape index (κ3) is 2.42. The molecule has 2 aromatic rings. The maximum atomic E-state index is 13.8. The number of ether oxygens (including phenoxy) is 1. The highest BCUT2D eigenvalue weighted by atomic mass is 19.1. The molecule has 0 saturated carbocycles. The summed E-state index contributed by atoms with van der Waals surface area (Å²) in [5.74, 6) is 0.0961. The maximum absolute atomic E-state index is 13.8. The van der Waals surface area contributed by atoms with Gasteiger partial charge in [-0.3, -0.25) is 4.98 Å². The number of aromatic nitrogens is 1. The zero-order valence-electron chi connectivity index (χ0n) is 9.35. The fourth-order valence-corrected chi connectivity index (χ4v) is 1.58. The summed E-state index contributed by atoms with van der Waals surface area (Å²) in [5, 5.41) is 9.01. The number of aliphatic hydroxyl groups is 1. The third-order valence-electron chi connectivity index (χ3n) is 2.46. The molecule has 2 rings (SSSR count). The Hall–Kier alpha value is -1.94. The van der Waals surface area contributed by atoms with E-state index < -0.39 is 0 Å². The molecule has 0 fully saturated rings. The van der Waals surface area contributed by atoms with Crippen LogP contribution in [0.4, 0.5) is 4.39 Å². The molecule has 0 spiro atoms. The molecule has 4 heteroatoms. The van der Waals surface area contributed by atoms with Crippen LogP contribution in [0.15, 0.2) is 36.7 Å². The number of pyridine rings is 1. The van der Waals surface area contributed by atoms with Gasteiger partial charge in [0.05, 0.1) is 13.7 Å². The Morgan fingerprint density at radius 3 is 2.76 bits per heavy atom. The minimum atomic E-state index is -0.374. The molecule has 3 nitrogen and oxygen atoms in total. The summed E-state index contributed by atoms with van der Waals surface area (Å²) < 4.78 is 18.7. The lowest BCUT2D eigenvalue weighted by Crippen LogP contribution is -1.91. The number of nitrogens with zero attached hydrogens (tertiary/aromatic N) is 1. The minimum absolute atomic E-state index is 0.112. The largest absolute Gasteiger partial charge is 0.497 e. The summed E-state index contributed by atoms with van der Waals surface area (Å²) in [6.07, 6.45) is 3.11. The van der Waals surface area contributed by atoms with Gasteiger partial charge in [-0.2, -0.15) is 0 Å². The number of hydrogen-bond donors (Lipinski definition) is 1. The van der Waals surface area contributed by atoms with Crippen molar-refractivity contribution in [3.63, 3.8) is 0 Å². The summed E-state index contributed by atoms with van der Waals surface area (Å²) in [6, 6.07) is 6.34. The smallest absolute Gasteiger partial charge is 0.134 e. The molecule has 0 aliphatic carbocycles. The maximum Gasteiger partial charge on any atom is 0.134 e. The Labute approximate surface area is 98.5 Å². The van der Waals surface area contributed by atoms with Gasteiger partial charge in [-0.05, 0) is 23.8 Å². The molecule has 1 aromatic heterocycles. The normalized spacial score (nSPS) is 10.3. The quantitative estimate of drug-likeness (QED) is 0.885. The summed E-state index contributed by atoms with van der Waals surface area (Å²) in [7, 11) is 1.49. The van der Waals surface area contributed by atoms with Crippen LogP contribution in [-0.2, 0) is 6.61 Å². The van der Waals surface area contributed by atoms with Gasteiger partial charge in [-0.15, -0.1) is 0 Å². The fourth-order valence-electron chi connectivity index (χ4n) is 1.58. The average molecular weight is 233 g/mol. The van der Waals surface area contributed by atoms with Crippen molar-refractivity contribution in [3.8, 4) is 16.9 Å². The van der Waals surface area contributed by atoms with Crippen LogP contribution in [0.2, 0.25) is 0 Å². The zero-order chi connectivity index (χ0) is 12.3. The van der Waals surface area contributed by atoms with Crippen LogP contribution < -0.4 is 4.74 Å². The molecule has 1 heterocycles. The molecule has 88 valence electrons. The standard InChI is InChI=1S/C13H12FNO2/c1-17-11-2-3-12(13(14)5-11)10-4-9(8-16)6-15-7-10/h2-7,16H,8H2,1H3. The Bertz CT molecular complexity index is 529. The minimum Gasteiger partial charge on any atom is -0.497 e. The molecule has 1 aromatic carbocycles. The van der Waals surface area contributed by atoms with Crippen molar-refractivity contribution in [2.45, 2.75) is 6.61 Å². The Kier molecular flexibility index (Phi) is 3.35. The molecule has 0 amide bonds. The lowest BCUT2D eigenvalue weighted by molar-refractivity contribution is 0.281. The van der Waals surface area contributed by atoms with Crippen molar-refractivity contribution >= 4 is 0 Å². The van der Waals surface area contributed by atoms with E-state index >= 15 is 0 Å². The second-order valence-corrected chi connectivity index (χ2v) is 3.59. The molecule has 0 radical (unpaired) electrons. The highest BCUT2D eigenvalue weighted by molar-refractivity contribution is 5.64. The lowest BCUT2D eigenvalue weighted by Gasteiger charge is -2.06. The van der Waals surface area contributed by atoms with E-state index in [-0.39, 0.29) is 12.4 Å². The molecule has 1 N–H and O–H groups in total. The van der Waals surface area contributed by atoms with Gasteiger partial charge in [0.25, 0.3) is 0 Å². The van der Waals surface area contributed by atoms with E-state index in [0.717, 1.165) is 0 Å². The summed E-state index contributed by atoms with van der Waals surface area (Å²) >= 11 is 0. The van der Waals surface area contributed by atoms with Gasteiger partial charge in [0.15, 0.2) is 0 Å². The van der Waals surface area contributed by atoms with E-state index in [1.54, 1.807) is 30.6 Å². The molecular weight excluding hydrogens is 221 g/mol. The Morgan fingerprint density at radius 1 is 1.29 bits per heavy atom. The lowest BCUT2D eigenvalue weighted by atomic mass is 10.1. The number of rotatable bonds is 3. The fraction of sp³-hybridized carbons (Fsp3) is 0.154. The van der Waals surface area contributed by atoms with E-state index in [4.69, 9.17) is 9.84 Å². The first kappa shape index (κ1) is 11.5. The van der Waals surface area contributed by atoms with Gasteiger partial charge in [-0.1, -0.05) is 0 Å². The van der Waals surface area contributed by atoms with Gasteiger partial charge in [0.1, 0.15) is 11.6 Å². The van der Waals surface area contributed by atoms with Crippen LogP contribution in [0.5, 0.6) is 5.75 Å². The highest BCUT2D eigenvalue weighted by Crippen LogP contribution is 2.26. The van der Waals surface area contributed by atoms with E-state index in [1.165, 1.54) is 13.2 Å². The molecule has 17 heavy (non-hydrogen) atoms. The SMILES string of the molecule is COc1ccc(-c2cncc(CO)c2)c(F)c1. The zero-order valence-corrected chi connectivity index (χ0v) is 9.35. The van der Waals surface area contributed by atoms with Gasteiger partial charge in [0.2, 0.25) is 0 Å². The molecule has 0 aliphatic rings. The highest BCUT2D eigenvalue weighted by Gasteiger charge is 2.07. The number of methoxy groups -OCH3 is 1. The Balaban J connectivity index is 2.45. The van der Waals surface area contributed by atoms with E-state index in [1.807, 2.05) is 0 Å². The van der Waals surface area contributed by atoms with Crippen LogP contribution in [0.25, 0.3) is 11.1 Å². The Morgan fingerprint density at radius 2 is 2.12 bits per heavy atom. The predicted molar refractivity (Wildman–Crippen MR) is 62.1 cm³/mol. The van der Waals surface area contributed by atoms with Crippen LogP contribution >= 0.6 is 0 Å². The second-order valence-electron chi connectivity index (χ2n) is 3.59. The van der Waals surface area contributed by atoms with Gasteiger partial charge in [-0.25, -0.2) is 4.39 Å². The first-order valence-electron chi connectivity index (χ1n) is 5.13. The first-order chi connectivity index (χ1) is 8.24. The van der Waals surface area contributed by atoms with Crippen molar-refractivity contribution in [2.75, 3.05) is 7.11 Å². The van der Waals surface area contributed by atoms with Crippen LogP contribution in [0, 0.1) is 5.82 Å². The first-order valence-corrected chi connectivity index (χ1v) is 5.13. The third-order valence-corrected chi connectivity index (χ3v) is 2.46. The molecule has 0 saturated heterocycles. The van der Waals surface area contributed by atoms with Crippen LogP contribution in [0.3, 0.4) is 0 Å². The molecular formula is C13H12FNO2. The second kappa shape index (κ2) is 4.93. The van der Waals surface area contributed by atoms with E-state index in [0.29, 0.717) is 22.4 Å². The van der Waals surface area contributed by atoms with Gasteiger partial charge in [0, 0.05) is 29.6 Å². The molecule has 0 bridgehead atoms. The van der Waals surface area contributed by atoms with Crippen molar-refractivity contribution < 1.29 is 14.2 Å². The van der Waals surface area contributed by atoms with Gasteiger partial charge >= 0.3 is 0 Å². The average Bonchev–Trinajstić information content (AvgIpc) is 2.38. The van der Waals surface area contributed by atoms with Crippen molar-refractivity contribution in [1.29, 1.82) is 0 Å². The summed E-state index contributed by atoms with van der Waals surface area (Å²) in [6.45, 7) is -0.112. The van der Waals surface area contributed by atoms with Gasteiger partial charge < -0.3 is 9.84 Å². The van der Waals surface area contributed by atoms with Crippen molar-refractivity contribution in [3.05, 3.63) is 48.0 Å². The number of benzene rings is 1. The van der Waals surface area contributed by atoms with E-state index in [2.05, 4.69) is 4.98 Å². The van der Waals surface area contributed by atoms with Crippen LogP contribution in [0.1, 0.15) is 5.56 Å². The summed E-state index contributed by atoms with van der Waals surface area (Å²) in [5.41, 5.74) is 1.73. The number of hydrogen-bond acceptors (Lipinski definition) is 3. The van der Waals surface area contributed by atoms with Crippen molar-refractivity contribution in [2.24, 2.45) is 0 Å². The number of halogens is 1. The molecule has 0 unspecified atom stereocenters.